The van der Waals surface area contributed by atoms with Crippen molar-refractivity contribution < 1.29 is 12.8 Å². The maximum Gasteiger partial charge on any atom is 0.276 e. The van der Waals surface area contributed by atoms with Crippen molar-refractivity contribution >= 4 is 21.4 Å². The molecule has 1 atom stereocenters. The van der Waals surface area contributed by atoms with E-state index in [0.717, 1.165) is 11.4 Å². The van der Waals surface area contributed by atoms with Gasteiger partial charge in [-0.1, -0.05) is 13.0 Å². The molecule has 2 aromatic heterocycles. The second-order valence-electron chi connectivity index (χ2n) is 4.71. The van der Waals surface area contributed by atoms with Gasteiger partial charge in [0.1, 0.15) is 5.76 Å². The van der Waals surface area contributed by atoms with Crippen molar-refractivity contribution in [2.45, 2.75) is 31.5 Å². The number of sulfonamides is 1. The fourth-order valence-corrected chi connectivity index (χ4v) is 4.06. The van der Waals surface area contributed by atoms with Crippen molar-refractivity contribution in [3.8, 4) is 0 Å². The summed E-state index contributed by atoms with van der Waals surface area (Å²) in [5.74, 6) is 0.618. The van der Waals surface area contributed by atoms with Gasteiger partial charge in [0.05, 0.1) is 12.6 Å². The van der Waals surface area contributed by atoms with E-state index < -0.39 is 10.0 Å². The Morgan fingerprint density at radius 1 is 1.38 bits per heavy atom. The zero-order valence-electron chi connectivity index (χ0n) is 12.4. The number of nitrogens with zero attached hydrogens (tertiary/aromatic N) is 1. The molecule has 0 amide bonds. The first-order valence-electron chi connectivity index (χ1n) is 6.77. The van der Waals surface area contributed by atoms with Crippen molar-refractivity contribution in [1.29, 1.82) is 0 Å². The molecule has 0 radical (unpaired) electrons. The number of rotatable bonds is 7. The lowest BCUT2D eigenvalue weighted by Gasteiger charge is -2.22. The van der Waals surface area contributed by atoms with E-state index >= 15 is 0 Å². The molecular formula is C14H20N2O3S2. The molecule has 116 valence electrons. The highest BCUT2D eigenvalue weighted by molar-refractivity contribution is 7.89. The van der Waals surface area contributed by atoms with Crippen LogP contribution in [0.5, 0.6) is 0 Å². The topological polar surface area (TPSA) is 62.6 Å². The summed E-state index contributed by atoms with van der Waals surface area (Å²) in [6.45, 7) is 5.18. The largest absolute Gasteiger partial charge is 0.447 e. The van der Waals surface area contributed by atoms with Gasteiger partial charge in [-0.05, 0) is 37.0 Å². The van der Waals surface area contributed by atoms with Crippen LogP contribution in [0.15, 0.2) is 39.2 Å². The van der Waals surface area contributed by atoms with Crippen LogP contribution in [0, 0.1) is 0 Å². The lowest BCUT2D eigenvalue weighted by Crippen LogP contribution is -2.29. The highest BCUT2D eigenvalue weighted by atomic mass is 32.2. The van der Waals surface area contributed by atoms with Crippen LogP contribution >= 0.6 is 11.3 Å². The number of hydrogen-bond donors (Lipinski definition) is 1. The summed E-state index contributed by atoms with van der Waals surface area (Å²) in [6.07, 6.45) is 0. The van der Waals surface area contributed by atoms with Gasteiger partial charge >= 0.3 is 0 Å². The van der Waals surface area contributed by atoms with Crippen molar-refractivity contribution in [2.24, 2.45) is 0 Å². The zero-order chi connectivity index (χ0) is 15.5. The van der Waals surface area contributed by atoms with Crippen molar-refractivity contribution in [1.82, 2.24) is 9.62 Å². The Hall–Kier alpha value is -1.15. The number of hydrogen-bond acceptors (Lipinski definition) is 5. The molecule has 0 aliphatic carbocycles. The normalized spacial score (nSPS) is 13.7. The van der Waals surface area contributed by atoms with E-state index in [-0.39, 0.29) is 11.1 Å². The maximum absolute atomic E-state index is 12.6. The quantitative estimate of drug-likeness (QED) is 0.849. The summed E-state index contributed by atoms with van der Waals surface area (Å²) < 4.78 is 31.9. The van der Waals surface area contributed by atoms with Crippen molar-refractivity contribution in [2.75, 3.05) is 13.6 Å². The van der Waals surface area contributed by atoms with Gasteiger partial charge in [0.25, 0.3) is 10.0 Å². The minimum Gasteiger partial charge on any atom is -0.447 e. The van der Waals surface area contributed by atoms with Crippen molar-refractivity contribution in [3.05, 3.63) is 40.3 Å². The first kappa shape index (κ1) is 16.2. The van der Waals surface area contributed by atoms with E-state index in [4.69, 9.17) is 4.42 Å². The lowest BCUT2D eigenvalue weighted by atomic mass is 10.3. The second kappa shape index (κ2) is 6.74. The first-order valence-corrected chi connectivity index (χ1v) is 9.09. The van der Waals surface area contributed by atoms with Crippen LogP contribution in [0.25, 0.3) is 0 Å². The van der Waals surface area contributed by atoms with Gasteiger partial charge in [-0.3, -0.25) is 0 Å². The monoisotopic (exact) mass is 328 g/mol. The minimum atomic E-state index is -3.62. The Morgan fingerprint density at radius 3 is 2.76 bits per heavy atom. The van der Waals surface area contributed by atoms with Crippen LogP contribution in [0.1, 0.15) is 30.5 Å². The molecule has 0 bridgehead atoms. The molecule has 0 aliphatic rings. The summed E-state index contributed by atoms with van der Waals surface area (Å²) in [5, 5.41) is 5.03. The molecule has 0 saturated heterocycles. The van der Waals surface area contributed by atoms with Crippen molar-refractivity contribution in [3.63, 3.8) is 0 Å². The smallest absolute Gasteiger partial charge is 0.276 e. The van der Waals surface area contributed by atoms with E-state index in [0.29, 0.717) is 12.3 Å². The van der Waals surface area contributed by atoms with Crippen LogP contribution in [0.3, 0.4) is 0 Å². The van der Waals surface area contributed by atoms with E-state index in [2.05, 4.69) is 5.32 Å². The standard InChI is InChI=1S/C14H20N2O3S2/c1-4-15-10-12-7-8-14(19-12)21(17,18)16(3)11(2)13-6-5-9-20-13/h5-9,11,15H,4,10H2,1-3H3. The van der Waals surface area contributed by atoms with Crippen LogP contribution in [-0.4, -0.2) is 26.3 Å². The molecule has 0 saturated carbocycles. The summed E-state index contributed by atoms with van der Waals surface area (Å²) in [7, 11) is -2.05. The average molecular weight is 328 g/mol. The van der Waals surface area contributed by atoms with Gasteiger partial charge in [-0.15, -0.1) is 11.3 Å². The highest BCUT2D eigenvalue weighted by Gasteiger charge is 2.29. The maximum atomic E-state index is 12.6. The summed E-state index contributed by atoms with van der Waals surface area (Å²) >= 11 is 1.54. The number of thiophene rings is 1. The van der Waals surface area contributed by atoms with E-state index in [1.165, 1.54) is 10.4 Å². The fourth-order valence-electron chi connectivity index (χ4n) is 1.90. The minimum absolute atomic E-state index is 0.0127. The number of nitrogens with one attached hydrogen (secondary N) is 1. The third-order valence-electron chi connectivity index (χ3n) is 3.32. The lowest BCUT2D eigenvalue weighted by molar-refractivity contribution is 0.358. The Balaban J connectivity index is 2.19. The predicted molar refractivity (Wildman–Crippen MR) is 83.8 cm³/mol. The molecule has 0 fully saturated rings. The molecule has 1 unspecified atom stereocenters. The van der Waals surface area contributed by atoms with Crippen LogP contribution in [-0.2, 0) is 16.6 Å². The molecule has 1 N–H and O–H groups in total. The predicted octanol–water partition coefficient (Wildman–Crippen LogP) is 2.83. The molecule has 0 aromatic carbocycles. The molecule has 7 heteroatoms. The molecule has 0 spiro atoms. The van der Waals surface area contributed by atoms with Gasteiger partial charge in [-0.2, -0.15) is 4.31 Å². The van der Waals surface area contributed by atoms with Crippen LogP contribution < -0.4 is 5.32 Å². The van der Waals surface area contributed by atoms with Gasteiger partial charge in [0.15, 0.2) is 0 Å². The number of furan rings is 1. The SMILES string of the molecule is CCNCc1ccc(S(=O)(=O)N(C)C(C)c2cccs2)o1. The van der Waals surface area contributed by atoms with Gasteiger partial charge in [0, 0.05) is 11.9 Å². The third-order valence-corrected chi connectivity index (χ3v) is 6.16. The first-order chi connectivity index (χ1) is 9.96. The Kier molecular flexibility index (Phi) is 5.21. The van der Waals surface area contributed by atoms with E-state index in [1.807, 2.05) is 31.4 Å². The van der Waals surface area contributed by atoms with Gasteiger partial charge in [0.2, 0.25) is 5.09 Å². The zero-order valence-corrected chi connectivity index (χ0v) is 14.0. The van der Waals surface area contributed by atoms with Gasteiger partial charge in [-0.25, -0.2) is 8.42 Å². The highest BCUT2D eigenvalue weighted by Crippen LogP contribution is 2.29. The van der Waals surface area contributed by atoms with Crippen LogP contribution in [0.2, 0.25) is 0 Å². The Morgan fingerprint density at radius 2 is 2.14 bits per heavy atom. The van der Waals surface area contributed by atoms with Gasteiger partial charge < -0.3 is 9.73 Å². The average Bonchev–Trinajstić information content (AvgIpc) is 3.14. The Bertz CT molecular complexity index is 662. The fraction of sp³-hybridized carbons (Fsp3) is 0.429. The molecule has 2 aromatic rings. The van der Waals surface area contributed by atoms with E-state index in [9.17, 15) is 8.42 Å². The summed E-state index contributed by atoms with van der Waals surface area (Å²) in [5.41, 5.74) is 0. The Labute approximate surface area is 129 Å². The molecular weight excluding hydrogens is 308 g/mol. The summed E-state index contributed by atoms with van der Waals surface area (Å²) in [6, 6.07) is 6.83. The second-order valence-corrected chi connectivity index (χ2v) is 7.62. The molecule has 21 heavy (non-hydrogen) atoms. The van der Waals surface area contributed by atoms with E-state index in [1.54, 1.807) is 24.5 Å². The van der Waals surface area contributed by atoms with Crippen LogP contribution in [0.4, 0.5) is 0 Å². The molecule has 2 heterocycles. The molecule has 2 rings (SSSR count). The summed E-state index contributed by atoms with van der Waals surface area (Å²) in [4.78, 5) is 1.00. The molecule has 5 nitrogen and oxygen atoms in total. The molecule has 0 aliphatic heterocycles. The third kappa shape index (κ3) is 3.55.